The molecule has 172 valence electrons. The van der Waals surface area contributed by atoms with Gasteiger partial charge < -0.3 is 16.4 Å². The van der Waals surface area contributed by atoms with Crippen LogP contribution in [-0.4, -0.2) is 62.9 Å². The third kappa shape index (κ3) is 4.70. The first-order chi connectivity index (χ1) is 16.5. The van der Waals surface area contributed by atoms with E-state index in [1.165, 1.54) is 12.8 Å². The van der Waals surface area contributed by atoms with Gasteiger partial charge in [0.05, 0.1) is 17.0 Å². The van der Waals surface area contributed by atoms with Crippen LogP contribution in [0.4, 0.5) is 11.8 Å². The molecular weight excluding hydrogens is 426 g/mol. The molecule has 0 radical (unpaired) electrons. The van der Waals surface area contributed by atoms with Crippen LogP contribution in [0.15, 0.2) is 42.6 Å². The fourth-order valence-corrected chi connectivity index (χ4v) is 4.25. The topological polar surface area (TPSA) is 114 Å². The number of anilines is 2. The van der Waals surface area contributed by atoms with Crippen LogP contribution in [0.25, 0.3) is 11.3 Å². The van der Waals surface area contributed by atoms with Gasteiger partial charge in [0.15, 0.2) is 0 Å². The number of hydrogen-bond donors (Lipinski definition) is 2. The first-order valence-corrected chi connectivity index (χ1v) is 11.5. The maximum absolute atomic E-state index is 13.0. The minimum atomic E-state index is 0.0660. The second-order valence-corrected chi connectivity index (χ2v) is 8.75. The average Bonchev–Trinajstić information content (AvgIpc) is 3.70. The second kappa shape index (κ2) is 9.12. The number of nitrogens with two attached hydrogens (primary N) is 2. The Labute approximate surface area is 199 Å². The number of rotatable bonds is 3. The number of nitrogen functional groups attached to an aromatic ring is 2. The Morgan fingerprint density at radius 1 is 0.971 bits per heavy atom. The SMILES string of the molecule is Cc1nc(N)nc(-c2ccc(C(=O)N3CCN(C4CC4)CC3)cc2)c1C#Cc1ccc(N)nc1. The Hall–Kier alpha value is -3.96. The van der Waals surface area contributed by atoms with E-state index in [2.05, 4.69) is 31.7 Å². The van der Waals surface area contributed by atoms with Gasteiger partial charge in [0, 0.05) is 55.1 Å². The first-order valence-electron chi connectivity index (χ1n) is 11.5. The Bertz CT molecular complexity index is 1260. The van der Waals surface area contributed by atoms with E-state index in [-0.39, 0.29) is 11.9 Å². The fourth-order valence-electron chi connectivity index (χ4n) is 4.25. The van der Waals surface area contributed by atoms with E-state index in [9.17, 15) is 4.79 Å². The number of nitrogens with zero attached hydrogens (tertiary/aromatic N) is 5. The summed E-state index contributed by atoms with van der Waals surface area (Å²) in [5.41, 5.74) is 15.8. The van der Waals surface area contributed by atoms with Crippen molar-refractivity contribution in [1.82, 2.24) is 24.8 Å². The van der Waals surface area contributed by atoms with Crippen molar-refractivity contribution >= 4 is 17.7 Å². The predicted octanol–water partition coefficient (Wildman–Crippen LogP) is 2.33. The zero-order valence-corrected chi connectivity index (χ0v) is 19.2. The summed E-state index contributed by atoms with van der Waals surface area (Å²) < 4.78 is 0. The first kappa shape index (κ1) is 21.9. The molecule has 0 bridgehead atoms. The maximum atomic E-state index is 13.0. The molecule has 8 nitrogen and oxygen atoms in total. The minimum absolute atomic E-state index is 0.0660. The quantitative estimate of drug-likeness (QED) is 0.585. The fraction of sp³-hybridized carbons (Fsp3) is 0.308. The van der Waals surface area contributed by atoms with Crippen molar-refractivity contribution in [3.8, 4) is 23.1 Å². The lowest BCUT2D eigenvalue weighted by Gasteiger charge is -2.34. The van der Waals surface area contributed by atoms with Crippen LogP contribution < -0.4 is 11.5 Å². The number of amides is 1. The molecule has 0 unspecified atom stereocenters. The van der Waals surface area contributed by atoms with E-state index >= 15 is 0 Å². The highest BCUT2D eigenvalue weighted by Gasteiger charge is 2.32. The molecule has 5 rings (SSSR count). The van der Waals surface area contributed by atoms with Crippen molar-refractivity contribution in [2.45, 2.75) is 25.8 Å². The van der Waals surface area contributed by atoms with Crippen LogP contribution in [-0.2, 0) is 0 Å². The number of benzene rings is 1. The number of carbonyl (C=O) groups excluding carboxylic acids is 1. The highest BCUT2D eigenvalue weighted by Crippen LogP contribution is 2.28. The van der Waals surface area contributed by atoms with E-state index in [0.717, 1.165) is 43.3 Å². The molecule has 8 heteroatoms. The maximum Gasteiger partial charge on any atom is 0.253 e. The molecule has 34 heavy (non-hydrogen) atoms. The third-order valence-electron chi connectivity index (χ3n) is 6.30. The van der Waals surface area contributed by atoms with Crippen LogP contribution in [0.1, 0.15) is 40.0 Å². The number of hydrogen-bond acceptors (Lipinski definition) is 7. The van der Waals surface area contributed by atoms with Gasteiger partial charge in [0.2, 0.25) is 5.95 Å². The summed E-state index contributed by atoms with van der Waals surface area (Å²) in [6, 6.07) is 11.7. The molecule has 0 spiro atoms. The molecule has 2 fully saturated rings. The average molecular weight is 454 g/mol. The molecule has 0 atom stereocenters. The third-order valence-corrected chi connectivity index (χ3v) is 6.30. The lowest BCUT2D eigenvalue weighted by molar-refractivity contribution is 0.0627. The molecule has 2 aliphatic rings. The van der Waals surface area contributed by atoms with Crippen molar-refractivity contribution in [3.05, 3.63) is 65.0 Å². The zero-order chi connectivity index (χ0) is 23.7. The summed E-state index contributed by atoms with van der Waals surface area (Å²) in [7, 11) is 0. The molecular formula is C26H27N7O. The molecule has 3 heterocycles. The smallest absolute Gasteiger partial charge is 0.253 e. The standard InChI is InChI=1S/C26H27N7O/c1-17-22(10-2-18-3-11-23(27)29-16-18)24(31-26(28)30-17)19-4-6-20(7-5-19)25(34)33-14-12-32(13-15-33)21-8-9-21/h3-7,11,16,21H,8-9,12-15H2,1H3,(H2,27,29)(H2,28,30,31). The molecule has 3 aromatic rings. The zero-order valence-electron chi connectivity index (χ0n) is 19.2. The molecule has 1 amide bonds. The van der Waals surface area contributed by atoms with Gasteiger partial charge >= 0.3 is 0 Å². The van der Waals surface area contributed by atoms with Crippen molar-refractivity contribution in [2.75, 3.05) is 37.6 Å². The normalized spacial score (nSPS) is 16.1. The van der Waals surface area contributed by atoms with Crippen LogP contribution in [0.5, 0.6) is 0 Å². The van der Waals surface area contributed by atoms with E-state index in [1.807, 2.05) is 42.2 Å². The van der Waals surface area contributed by atoms with E-state index in [0.29, 0.717) is 28.3 Å². The summed E-state index contributed by atoms with van der Waals surface area (Å²) in [5.74, 6) is 6.94. The molecule has 4 N–H and O–H groups in total. The summed E-state index contributed by atoms with van der Waals surface area (Å²) in [6.07, 6.45) is 4.22. The van der Waals surface area contributed by atoms with E-state index < -0.39 is 0 Å². The van der Waals surface area contributed by atoms with Gasteiger partial charge in [0.25, 0.3) is 5.91 Å². The summed E-state index contributed by atoms with van der Waals surface area (Å²) in [4.78, 5) is 30.3. The van der Waals surface area contributed by atoms with Crippen LogP contribution in [0.3, 0.4) is 0 Å². The van der Waals surface area contributed by atoms with Gasteiger partial charge in [-0.25, -0.2) is 15.0 Å². The molecule has 1 saturated heterocycles. The lowest BCUT2D eigenvalue weighted by Crippen LogP contribution is -2.49. The predicted molar refractivity (Wildman–Crippen MR) is 132 cm³/mol. The van der Waals surface area contributed by atoms with Crippen LogP contribution >= 0.6 is 0 Å². The van der Waals surface area contributed by atoms with Crippen LogP contribution in [0.2, 0.25) is 0 Å². The Morgan fingerprint density at radius 2 is 1.71 bits per heavy atom. The van der Waals surface area contributed by atoms with Gasteiger partial charge in [-0.1, -0.05) is 24.0 Å². The number of carbonyl (C=O) groups is 1. The number of pyridine rings is 1. The van der Waals surface area contributed by atoms with Crippen LogP contribution in [0, 0.1) is 18.8 Å². The van der Waals surface area contributed by atoms with Gasteiger partial charge in [-0.15, -0.1) is 0 Å². The Morgan fingerprint density at radius 3 is 2.35 bits per heavy atom. The van der Waals surface area contributed by atoms with Gasteiger partial charge in [-0.2, -0.15) is 0 Å². The van der Waals surface area contributed by atoms with Crippen molar-refractivity contribution in [3.63, 3.8) is 0 Å². The highest BCUT2D eigenvalue weighted by molar-refractivity contribution is 5.94. The molecule has 1 aliphatic heterocycles. The highest BCUT2D eigenvalue weighted by atomic mass is 16.2. The van der Waals surface area contributed by atoms with Gasteiger partial charge in [-0.05, 0) is 44.0 Å². The number of aromatic nitrogens is 3. The lowest BCUT2D eigenvalue weighted by atomic mass is 10.0. The Kier molecular flexibility index (Phi) is 5.86. The minimum Gasteiger partial charge on any atom is -0.384 e. The largest absolute Gasteiger partial charge is 0.384 e. The number of piperazine rings is 1. The Balaban J connectivity index is 1.37. The van der Waals surface area contributed by atoms with Gasteiger partial charge in [-0.3, -0.25) is 9.69 Å². The molecule has 2 aromatic heterocycles. The molecule has 1 saturated carbocycles. The van der Waals surface area contributed by atoms with Crippen molar-refractivity contribution in [1.29, 1.82) is 0 Å². The summed E-state index contributed by atoms with van der Waals surface area (Å²) in [5, 5.41) is 0. The van der Waals surface area contributed by atoms with Crippen molar-refractivity contribution in [2.24, 2.45) is 0 Å². The number of aryl methyl sites for hydroxylation is 1. The second-order valence-electron chi connectivity index (χ2n) is 8.75. The van der Waals surface area contributed by atoms with Crippen molar-refractivity contribution < 1.29 is 4.79 Å². The van der Waals surface area contributed by atoms with E-state index in [1.54, 1.807) is 12.3 Å². The molecule has 1 aromatic carbocycles. The van der Waals surface area contributed by atoms with Gasteiger partial charge in [0.1, 0.15) is 5.82 Å². The monoisotopic (exact) mass is 453 g/mol. The van der Waals surface area contributed by atoms with E-state index in [4.69, 9.17) is 11.5 Å². The summed E-state index contributed by atoms with van der Waals surface area (Å²) >= 11 is 0. The summed E-state index contributed by atoms with van der Waals surface area (Å²) in [6.45, 7) is 5.32. The molecule has 1 aliphatic carbocycles.